The van der Waals surface area contributed by atoms with Gasteiger partial charge < -0.3 is 10.6 Å². The van der Waals surface area contributed by atoms with E-state index in [1.54, 1.807) is 0 Å². The van der Waals surface area contributed by atoms with E-state index in [1.807, 2.05) is 47.4 Å². The molecule has 0 aliphatic carbocycles. The summed E-state index contributed by atoms with van der Waals surface area (Å²) in [5.41, 5.74) is 7.84. The summed E-state index contributed by atoms with van der Waals surface area (Å²) in [5, 5.41) is 2.36. The predicted octanol–water partition coefficient (Wildman–Crippen LogP) is 4.27. The van der Waals surface area contributed by atoms with Gasteiger partial charge in [-0.25, -0.2) is 0 Å². The summed E-state index contributed by atoms with van der Waals surface area (Å²) in [6, 6.07) is 24.6. The second kappa shape index (κ2) is 9.70. The lowest BCUT2D eigenvalue weighted by molar-refractivity contribution is -0.130. The Labute approximate surface area is 161 Å². The Bertz CT molecular complexity index is 902. The van der Waals surface area contributed by atoms with Gasteiger partial charge in [0.25, 0.3) is 0 Å². The highest BCUT2D eigenvalue weighted by atomic mass is 16.2. The second-order valence-electron chi connectivity index (χ2n) is 6.65. The maximum atomic E-state index is 12.8. The highest BCUT2D eigenvalue weighted by Crippen LogP contribution is 2.16. The van der Waals surface area contributed by atoms with E-state index in [9.17, 15) is 4.79 Å². The van der Waals surface area contributed by atoms with Gasteiger partial charge in [-0.05, 0) is 34.9 Å². The molecule has 1 amide bonds. The van der Waals surface area contributed by atoms with E-state index in [2.05, 4.69) is 42.5 Å². The number of carbonyl (C=O) groups is 1. The maximum absolute atomic E-state index is 12.8. The SMILES string of the molecule is NCCCN(C/C=C/c1ccccc1)C(=O)Cc1ccc2ccccc2c1. The molecule has 3 rings (SSSR count). The fourth-order valence-electron chi connectivity index (χ4n) is 3.12. The number of amides is 1. The van der Waals surface area contributed by atoms with E-state index < -0.39 is 0 Å². The molecule has 0 radical (unpaired) electrons. The average molecular weight is 358 g/mol. The van der Waals surface area contributed by atoms with Gasteiger partial charge >= 0.3 is 0 Å². The quantitative estimate of drug-likeness (QED) is 0.653. The van der Waals surface area contributed by atoms with E-state index in [0.717, 1.165) is 17.5 Å². The molecule has 0 heterocycles. The first kappa shape index (κ1) is 18.9. The summed E-state index contributed by atoms with van der Waals surface area (Å²) >= 11 is 0. The monoisotopic (exact) mass is 358 g/mol. The van der Waals surface area contributed by atoms with E-state index in [0.29, 0.717) is 26.1 Å². The van der Waals surface area contributed by atoms with Crippen LogP contribution in [0.25, 0.3) is 16.8 Å². The van der Waals surface area contributed by atoms with Gasteiger partial charge in [-0.15, -0.1) is 0 Å². The molecule has 0 aromatic heterocycles. The second-order valence-corrected chi connectivity index (χ2v) is 6.65. The summed E-state index contributed by atoms with van der Waals surface area (Å²) in [4.78, 5) is 14.7. The van der Waals surface area contributed by atoms with Crippen LogP contribution in [0, 0.1) is 0 Å². The Balaban J connectivity index is 1.67. The van der Waals surface area contributed by atoms with Crippen LogP contribution in [0.3, 0.4) is 0 Å². The van der Waals surface area contributed by atoms with Gasteiger partial charge in [0.15, 0.2) is 0 Å². The van der Waals surface area contributed by atoms with Crippen LogP contribution in [0.5, 0.6) is 0 Å². The van der Waals surface area contributed by atoms with Crippen molar-refractivity contribution in [3.63, 3.8) is 0 Å². The molecule has 0 aliphatic heterocycles. The van der Waals surface area contributed by atoms with Crippen LogP contribution in [0.4, 0.5) is 0 Å². The van der Waals surface area contributed by atoms with E-state index in [-0.39, 0.29) is 5.91 Å². The molecule has 3 nitrogen and oxygen atoms in total. The van der Waals surface area contributed by atoms with Gasteiger partial charge in [0, 0.05) is 13.1 Å². The number of rotatable bonds is 8. The summed E-state index contributed by atoms with van der Waals surface area (Å²) in [6.07, 6.45) is 5.32. The van der Waals surface area contributed by atoms with Crippen molar-refractivity contribution in [1.82, 2.24) is 4.90 Å². The van der Waals surface area contributed by atoms with Crippen LogP contribution in [-0.2, 0) is 11.2 Å². The molecular weight excluding hydrogens is 332 g/mol. The van der Waals surface area contributed by atoms with Gasteiger partial charge in [-0.3, -0.25) is 4.79 Å². The van der Waals surface area contributed by atoms with E-state index >= 15 is 0 Å². The Morgan fingerprint density at radius 2 is 1.67 bits per heavy atom. The van der Waals surface area contributed by atoms with Crippen molar-refractivity contribution in [3.8, 4) is 0 Å². The number of fused-ring (bicyclic) bond motifs is 1. The Morgan fingerprint density at radius 1 is 0.926 bits per heavy atom. The number of nitrogens with two attached hydrogens (primary N) is 1. The standard InChI is InChI=1S/C24H26N2O/c25-15-7-17-26(16-6-10-20-8-2-1-3-9-20)24(27)19-21-13-14-22-11-4-5-12-23(22)18-21/h1-6,8-14,18H,7,15-17,19,25H2/b10-6+. The highest BCUT2D eigenvalue weighted by Gasteiger charge is 2.12. The van der Waals surface area contributed by atoms with Crippen LogP contribution < -0.4 is 5.73 Å². The molecule has 3 heteroatoms. The Morgan fingerprint density at radius 3 is 2.44 bits per heavy atom. The molecule has 138 valence electrons. The number of nitrogens with zero attached hydrogens (tertiary/aromatic N) is 1. The minimum atomic E-state index is 0.136. The average Bonchev–Trinajstić information content (AvgIpc) is 2.71. The van der Waals surface area contributed by atoms with Crippen molar-refractivity contribution in [1.29, 1.82) is 0 Å². The number of hydrogen-bond donors (Lipinski definition) is 1. The predicted molar refractivity (Wildman–Crippen MR) is 113 cm³/mol. The fraction of sp³-hybridized carbons (Fsp3) is 0.208. The van der Waals surface area contributed by atoms with Crippen molar-refractivity contribution in [2.24, 2.45) is 5.73 Å². The first-order valence-corrected chi connectivity index (χ1v) is 9.43. The Kier molecular flexibility index (Phi) is 6.78. The summed E-state index contributed by atoms with van der Waals surface area (Å²) in [7, 11) is 0. The summed E-state index contributed by atoms with van der Waals surface area (Å²) in [5.74, 6) is 0.136. The van der Waals surface area contributed by atoms with E-state index in [4.69, 9.17) is 5.73 Å². The van der Waals surface area contributed by atoms with Gasteiger partial charge in [-0.1, -0.05) is 84.9 Å². The largest absolute Gasteiger partial charge is 0.339 e. The van der Waals surface area contributed by atoms with Crippen LogP contribution in [-0.4, -0.2) is 30.4 Å². The number of hydrogen-bond acceptors (Lipinski definition) is 2. The lowest BCUT2D eigenvalue weighted by Crippen LogP contribution is -2.34. The van der Waals surface area contributed by atoms with Crippen LogP contribution in [0.15, 0.2) is 78.9 Å². The first-order chi connectivity index (χ1) is 13.3. The summed E-state index contributed by atoms with van der Waals surface area (Å²) in [6.45, 7) is 1.87. The molecule has 0 atom stereocenters. The Hall–Kier alpha value is -2.91. The smallest absolute Gasteiger partial charge is 0.227 e. The molecule has 0 fully saturated rings. The molecule has 3 aromatic carbocycles. The lowest BCUT2D eigenvalue weighted by Gasteiger charge is -2.21. The minimum absolute atomic E-state index is 0.136. The van der Waals surface area contributed by atoms with Gasteiger partial charge in [0.1, 0.15) is 0 Å². The first-order valence-electron chi connectivity index (χ1n) is 9.43. The van der Waals surface area contributed by atoms with Crippen molar-refractivity contribution >= 4 is 22.8 Å². The van der Waals surface area contributed by atoms with Crippen LogP contribution in [0.2, 0.25) is 0 Å². The molecular formula is C24H26N2O. The normalized spacial score (nSPS) is 11.1. The molecule has 0 aliphatic rings. The van der Waals surface area contributed by atoms with E-state index in [1.165, 1.54) is 10.8 Å². The third-order valence-electron chi connectivity index (χ3n) is 4.59. The highest BCUT2D eigenvalue weighted by molar-refractivity contribution is 5.85. The van der Waals surface area contributed by atoms with Crippen molar-refractivity contribution < 1.29 is 4.79 Å². The lowest BCUT2D eigenvalue weighted by atomic mass is 10.0. The molecule has 0 saturated heterocycles. The molecule has 0 unspecified atom stereocenters. The van der Waals surface area contributed by atoms with Gasteiger partial charge in [-0.2, -0.15) is 0 Å². The maximum Gasteiger partial charge on any atom is 0.227 e. The third-order valence-corrected chi connectivity index (χ3v) is 4.59. The molecule has 3 aromatic rings. The van der Waals surface area contributed by atoms with Crippen LogP contribution in [0.1, 0.15) is 17.5 Å². The van der Waals surface area contributed by atoms with Crippen molar-refractivity contribution in [2.45, 2.75) is 12.8 Å². The topological polar surface area (TPSA) is 46.3 Å². The zero-order valence-electron chi connectivity index (χ0n) is 15.6. The number of carbonyl (C=O) groups excluding carboxylic acids is 1. The molecule has 0 saturated carbocycles. The minimum Gasteiger partial charge on any atom is -0.339 e. The fourth-order valence-corrected chi connectivity index (χ4v) is 3.12. The number of benzene rings is 3. The zero-order valence-corrected chi connectivity index (χ0v) is 15.6. The van der Waals surface area contributed by atoms with Crippen LogP contribution >= 0.6 is 0 Å². The zero-order chi connectivity index (χ0) is 18.9. The summed E-state index contributed by atoms with van der Waals surface area (Å²) < 4.78 is 0. The van der Waals surface area contributed by atoms with Crippen molar-refractivity contribution in [3.05, 3.63) is 90.0 Å². The molecule has 0 bridgehead atoms. The van der Waals surface area contributed by atoms with Gasteiger partial charge in [0.2, 0.25) is 5.91 Å². The van der Waals surface area contributed by atoms with Gasteiger partial charge in [0.05, 0.1) is 6.42 Å². The van der Waals surface area contributed by atoms with Crippen molar-refractivity contribution in [2.75, 3.05) is 19.6 Å². The molecule has 2 N–H and O–H groups in total. The third kappa shape index (κ3) is 5.53. The molecule has 27 heavy (non-hydrogen) atoms. The molecule has 0 spiro atoms.